The van der Waals surface area contributed by atoms with Gasteiger partial charge in [0, 0.05) is 13.1 Å². The van der Waals surface area contributed by atoms with Gasteiger partial charge < -0.3 is 14.4 Å². The quantitative estimate of drug-likeness (QED) is 0.858. The standard InChI is InChI=1S/C14H15N3O3S/c18-14(17-6-8-19-9-7-17)13-12(21-16-15-13)10-20-11-4-2-1-3-5-11/h1-5H,6-10H2. The van der Waals surface area contributed by atoms with Crippen molar-refractivity contribution in [1.82, 2.24) is 14.5 Å². The summed E-state index contributed by atoms with van der Waals surface area (Å²) in [6.45, 7) is 2.62. The van der Waals surface area contributed by atoms with E-state index >= 15 is 0 Å². The van der Waals surface area contributed by atoms with Crippen LogP contribution in [-0.4, -0.2) is 46.7 Å². The van der Waals surface area contributed by atoms with E-state index in [-0.39, 0.29) is 5.91 Å². The van der Waals surface area contributed by atoms with E-state index in [1.54, 1.807) is 4.90 Å². The second-order valence-electron chi connectivity index (χ2n) is 4.55. The molecule has 0 bridgehead atoms. The largest absolute Gasteiger partial charge is 0.488 e. The SMILES string of the molecule is O=C(c1nnsc1COc1ccccc1)N1CCOCC1. The molecule has 3 rings (SSSR count). The Kier molecular flexibility index (Phi) is 4.42. The fraction of sp³-hybridized carbons (Fsp3) is 0.357. The Morgan fingerprint density at radius 2 is 2.05 bits per heavy atom. The predicted octanol–water partition coefficient (Wildman–Crippen LogP) is 1.59. The summed E-state index contributed by atoms with van der Waals surface area (Å²) in [5.41, 5.74) is 0.387. The summed E-state index contributed by atoms with van der Waals surface area (Å²) in [6.07, 6.45) is 0. The van der Waals surface area contributed by atoms with Crippen LogP contribution in [0.3, 0.4) is 0 Å². The Labute approximate surface area is 126 Å². The molecule has 110 valence electrons. The van der Waals surface area contributed by atoms with Crippen molar-refractivity contribution in [1.29, 1.82) is 0 Å². The Hall–Kier alpha value is -1.99. The lowest BCUT2D eigenvalue weighted by Gasteiger charge is -2.26. The number of carbonyl (C=O) groups excluding carboxylic acids is 1. The number of ether oxygens (including phenoxy) is 2. The van der Waals surface area contributed by atoms with Crippen LogP contribution in [0.15, 0.2) is 30.3 Å². The van der Waals surface area contributed by atoms with Gasteiger partial charge in [0.2, 0.25) is 0 Å². The van der Waals surface area contributed by atoms with E-state index in [9.17, 15) is 4.79 Å². The zero-order valence-corrected chi connectivity index (χ0v) is 12.2. The van der Waals surface area contributed by atoms with Gasteiger partial charge in [0.25, 0.3) is 5.91 Å². The second-order valence-corrected chi connectivity index (χ2v) is 5.39. The molecule has 1 saturated heterocycles. The number of aromatic nitrogens is 2. The van der Waals surface area contributed by atoms with Crippen molar-refractivity contribution < 1.29 is 14.3 Å². The van der Waals surface area contributed by atoms with Crippen molar-refractivity contribution in [2.45, 2.75) is 6.61 Å². The fourth-order valence-electron chi connectivity index (χ4n) is 2.05. The molecule has 7 heteroatoms. The van der Waals surface area contributed by atoms with Crippen LogP contribution in [0.5, 0.6) is 5.75 Å². The summed E-state index contributed by atoms with van der Waals surface area (Å²) < 4.78 is 14.8. The van der Waals surface area contributed by atoms with Gasteiger partial charge in [-0.25, -0.2) is 0 Å². The summed E-state index contributed by atoms with van der Waals surface area (Å²) in [4.78, 5) is 14.9. The molecular weight excluding hydrogens is 290 g/mol. The minimum atomic E-state index is -0.0984. The van der Waals surface area contributed by atoms with Gasteiger partial charge in [-0.15, -0.1) is 5.10 Å². The van der Waals surface area contributed by atoms with E-state index in [1.807, 2.05) is 30.3 Å². The highest BCUT2D eigenvalue weighted by atomic mass is 32.1. The van der Waals surface area contributed by atoms with Crippen molar-refractivity contribution in [3.63, 3.8) is 0 Å². The van der Waals surface area contributed by atoms with Gasteiger partial charge in [0.05, 0.1) is 18.1 Å². The molecule has 0 radical (unpaired) electrons. The molecule has 21 heavy (non-hydrogen) atoms. The van der Waals surface area contributed by atoms with Crippen LogP contribution in [0.2, 0.25) is 0 Å². The number of nitrogens with zero attached hydrogens (tertiary/aromatic N) is 3. The topological polar surface area (TPSA) is 64.5 Å². The Morgan fingerprint density at radius 3 is 2.81 bits per heavy atom. The van der Waals surface area contributed by atoms with Gasteiger partial charge in [0.15, 0.2) is 5.69 Å². The molecule has 6 nitrogen and oxygen atoms in total. The number of benzene rings is 1. The highest BCUT2D eigenvalue weighted by Gasteiger charge is 2.24. The molecule has 1 aromatic carbocycles. The van der Waals surface area contributed by atoms with Crippen LogP contribution in [0, 0.1) is 0 Å². The van der Waals surface area contributed by atoms with Gasteiger partial charge in [-0.05, 0) is 23.7 Å². The van der Waals surface area contributed by atoms with Crippen LogP contribution in [0.1, 0.15) is 15.4 Å². The number of hydrogen-bond donors (Lipinski definition) is 0. The Balaban J connectivity index is 1.67. The van der Waals surface area contributed by atoms with Crippen molar-refractivity contribution in [3.05, 3.63) is 40.9 Å². The van der Waals surface area contributed by atoms with Crippen molar-refractivity contribution >= 4 is 17.4 Å². The summed E-state index contributed by atoms with van der Waals surface area (Å²) in [6, 6.07) is 9.48. The minimum Gasteiger partial charge on any atom is -0.488 e. The predicted molar refractivity (Wildman–Crippen MR) is 77.4 cm³/mol. The third kappa shape index (κ3) is 3.37. The first-order chi connectivity index (χ1) is 10.3. The number of rotatable bonds is 4. The number of amides is 1. The van der Waals surface area contributed by atoms with Gasteiger partial charge in [-0.2, -0.15) is 0 Å². The van der Waals surface area contributed by atoms with Crippen molar-refractivity contribution in [2.75, 3.05) is 26.3 Å². The number of morpholine rings is 1. The highest BCUT2D eigenvalue weighted by Crippen LogP contribution is 2.17. The zero-order valence-electron chi connectivity index (χ0n) is 11.4. The molecular formula is C14H15N3O3S. The average Bonchev–Trinajstić information content (AvgIpc) is 3.02. The molecule has 0 aliphatic carbocycles. The lowest BCUT2D eigenvalue weighted by Crippen LogP contribution is -2.41. The van der Waals surface area contributed by atoms with Crippen LogP contribution in [-0.2, 0) is 11.3 Å². The first kappa shape index (κ1) is 14.0. The van der Waals surface area contributed by atoms with Crippen molar-refractivity contribution in [2.24, 2.45) is 0 Å². The molecule has 0 N–H and O–H groups in total. The van der Waals surface area contributed by atoms with Gasteiger partial charge in [-0.3, -0.25) is 4.79 Å². The van der Waals surface area contributed by atoms with E-state index in [0.717, 1.165) is 10.6 Å². The zero-order chi connectivity index (χ0) is 14.5. The van der Waals surface area contributed by atoms with Crippen LogP contribution in [0.4, 0.5) is 0 Å². The number of para-hydroxylation sites is 1. The first-order valence-corrected chi connectivity index (χ1v) is 7.48. The molecule has 1 aliphatic rings. The molecule has 0 saturated carbocycles. The molecule has 0 atom stereocenters. The lowest BCUT2D eigenvalue weighted by molar-refractivity contribution is 0.0297. The summed E-state index contributed by atoms with van der Waals surface area (Å²) in [7, 11) is 0. The first-order valence-electron chi connectivity index (χ1n) is 6.70. The summed E-state index contributed by atoms with van der Waals surface area (Å²) in [5, 5.41) is 3.96. The molecule has 0 spiro atoms. The maximum Gasteiger partial charge on any atom is 0.275 e. The van der Waals surface area contributed by atoms with E-state index in [1.165, 1.54) is 11.5 Å². The lowest BCUT2D eigenvalue weighted by atomic mass is 10.3. The van der Waals surface area contributed by atoms with E-state index in [4.69, 9.17) is 9.47 Å². The Bertz CT molecular complexity index is 597. The summed E-state index contributed by atoms with van der Waals surface area (Å²) >= 11 is 1.20. The molecule has 2 heterocycles. The second kappa shape index (κ2) is 6.64. The normalized spacial score (nSPS) is 15.0. The molecule has 1 fully saturated rings. The Morgan fingerprint density at radius 1 is 1.29 bits per heavy atom. The maximum absolute atomic E-state index is 12.4. The molecule has 1 amide bonds. The fourth-order valence-corrected chi connectivity index (χ4v) is 2.60. The van der Waals surface area contributed by atoms with Crippen LogP contribution in [0.25, 0.3) is 0 Å². The number of carbonyl (C=O) groups is 1. The molecule has 2 aromatic rings. The van der Waals surface area contributed by atoms with Crippen LogP contribution < -0.4 is 4.74 Å². The van der Waals surface area contributed by atoms with E-state index < -0.39 is 0 Å². The van der Waals surface area contributed by atoms with Gasteiger partial charge >= 0.3 is 0 Å². The smallest absolute Gasteiger partial charge is 0.275 e. The monoisotopic (exact) mass is 305 g/mol. The van der Waals surface area contributed by atoms with Crippen molar-refractivity contribution in [3.8, 4) is 5.75 Å². The van der Waals surface area contributed by atoms with Gasteiger partial charge in [-0.1, -0.05) is 22.7 Å². The molecule has 1 aliphatic heterocycles. The van der Waals surface area contributed by atoms with E-state index in [0.29, 0.717) is 38.6 Å². The third-order valence-corrected chi connectivity index (χ3v) is 3.86. The molecule has 1 aromatic heterocycles. The molecule has 0 unspecified atom stereocenters. The van der Waals surface area contributed by atoms with E-state index in [2.05, 4.69) is 9.59 Å². The third-order valence-electron chi connectivity index (χ3n) is 3.17. The average molecular weight is 305 g/mol. The highest BCUT2D eigenvalue weighted by molar-refractivity contribution is 7.05. The summed E-state index contributed by atoms with van der Waals surface area (Å²) in [5.74, 6) is 0.661. The maximum atomic E-state index is 12.4. The van der Waals surface area contributed by atoms with Gasteiger partial charge in [0.1, 0.15) is 12.4 Å². The number of hydrogen-bond acceptors (Lipinski definition) is 6. The van der Waals surface area contributed by atoms with Crippen LogP contribution >= 0.6 is 11.5 Å². The minimum absolute atomic E-state index is 0.0984.